The van der Waals surface area contributed by atoms with Gasteiger partial charge >= 0.3 is 0 Å². The molecule has 1 heterocycles. The van der Waals surface area contributed by atoms with Crippen LogP contribution in [0.3, 0.4) is 0 Å². The van der Waals surface area contributed by atoms with Crippen molar-refractivity contribution in [2.24, 2.45) is 4.99 Å². The number of hydrogen-bond acceptors (Lipinski definition) is 3. The van der Waals surface area contributed by atoms with E-state index in [9.17, 15) is 14.0 Å². The Morgan fingerprint density at radius 1 is 1.00 bits per heavy atom. The zero-order valence-electron chi connectivity index (χ0n) is 14.2. The van der Waals surface area contributed by atoms with Crippen LogP contribution in [0.4, 0.5) is 10.1 Å². The molecule has 1 aromatic rings. The molecule has 4 heteroatoms. The predicted molar refractivity (Wildman–Crippen MR) is 92.1 cm³/mol. The van der Waals surface area contributed by atoms with Gasteiger partial charge in [-0.2, -0.15) is 0 Å². The van der Waals surface area contributed by atoms with Gasteiger partial charge in [-0.05, 0) is 57.7 Å². The van der Waals surface area contributed by atoms with Crippen molar-refractivity contribution in [1.29, 1.82) is 0 Å². The highest BCUT2D eigenvalue weighted by Crippen LogP contribution is 2.30. The number of aliphatic imine (C=N–C) groups is 1. The van der Waals surface area contributed by atoms with Crippen LogP contribution in [0.2, 0.25) is 0 Å². The summed E-state index contributed by atoms with van der Waals surface area (Å²) in [6.45, 7) is 5.16. The number of ketones is 2. The van der Waals surface area contributed by atoms with Gasteiger partial charge in [0.15, 0.2) is 11.6 Å². The number of halogens is 1. The van der Waals surface area contributed by atoms with Gasteiger partial charge in [0.05, 0.1) is 5.69 Å². The molecule has 0 bridgehead atoms. The molecule has 3 rings (SSSR count). The number of carbonyl (C=O) groups excluding carboxylic acids is 2. The van der Waals surface area contributed by atoms with Crippen molar-refractivity contribution in [1.82, 2.24) is 0 Å². The molecule has 1 aromatic carbocycles. The summed E-state index contributed by atoms with van der Waals surface area (Å²) >= 11 is 0. The molecule has 1 aliphatic heterocycles. The van der Waals surface area contributed by atoms with Crippen molar-refractivity contribution < 1.29 is 14.0 Å². The summed E-state index contributed by atoms with van der Waals surface area (Å²) in [7, 11) is 0. The first-order valence-electron chi connectivity index (χ1n) is 8.20. The van der Waals surface area contributed by atoms with E-state index in [1.807, 2.05) is 0 Å². The van der Waals surface area contributed by atoms with Crippen LogP contribution in [-0.4, -0.2) is 17.3 Å². The third-order valence-corrected chi connectivity index (χ3v) is 4.92. The number of Topliss-reactive ketones (excluding diaryl/α,β-unsaturated/α-hetero) is 2. The van der Waals surface area contributed by atoms with Gasteiger partial charge in [-0.3, -0.25) is 14.6 Å². The molecule has 0 saturated heterocycles. The van der Waals surface area contributed by atoms with E-state index in [2.05, 4.69) is 4.99 Å². The topological polar surface area (TPSA) is 46.5 Å². The Morgan fingerprint density at radius 3 is 2.46 bits per heavy atom. The minimum absolute atomic E-state index is 0.0108. The van der Waals surface area contributed by atoms with Gasteiger partial charge in [-0.1, -0.05) is 6.07 Å². The maximum absolute atomic E-state index is 13.2. The highest BCUT2D eigenvalue weighted by atomic mass is 19.1. The van der Waals surface area contributed by atoms with Crippen molar-refractivity contribution in [3.05, 3.63) is 51.9 Å². The Kier molecular flexibility index (Phi) is 4.31. The van der Waals surface area contributed by atoms with Gasteiger partial charge < -0.3 is 0 Å². The highest BCUT2D eigenvalue weighted by Gasteiger charge is 2.27. The molecule has 0 atom stereocenters. The molecule has 2 aliphatic rings. The van der Waals surface area contributed by atoms with E-state index in [0.717, 1.165) is 30.5 Å². The number of carbonyl (C=O) groups is 2. The number of benzene rings is 1. The Hall–Kier alpha value is -2.36. The molecular weight excluding hydrogens is 305 g/mol. The molecular formula is C20H20FNO2. The van der Waals surface area contributed by atoms with E-state index < -0.39 is 0 Å². The van der Waals surface area contributed by atoms with E-state index in [4.69, 9.17) is 0 Å². The maximum atomic E-state index is 13.2. The standard InChI is InChI=1S/C20H20FNO2/c1-11-12(2)20(24)17(13(3)19(11)23)6-4-5-16-9-14-7-8-15(21)10-18(14)22-16/h7-8,10H,4-6,9H2,1-3H3. The highest BCUT2D eigenvalue weighted by molar-refractivity contribution is 6.24. The van der Waals surface area contributed by atoms with Crippen LogP contribution < -0.4 is 0 Å². The molecule has 3 nitrogen and oxygen atoms in total. The molecule has 0 saturated carbocycles. The molecule has 1 aliphatic carbocycles. The van der Waals surface area contributed by atoms with E-state index in [1.165, 1.54) is 12.1 Å². The normalized spacial score (nSPS) is 17.6. The quantitative estimate of drug-likeness (QED) is 0.769. The van der Waals surface area contributed by atoms with Crippen LogP contribution in [-0.2, 0) is 16.0 Å². The minimum Gasteiger partial charge on any atom is -0.289 e. The Morgan fingerprint density at radius 2 is 1.71 bits per heavy atom. The Labute approximate surface area is 141 Å². The second kappa shape index (κ2) is 6.27. The molecule has 0 spiro atoms. The Bertz CT molecular complexity index is 843. The number of rotatable bonds is 4. The second-order valence-corrected chi connectivity index (χ2v) is 6.49. The average molecular weight is 325 g/mol. The van der Waals surface area contributed by atoms with E-state index in [1.54, 1.807) is 26.8 Å². The van der Waals surface area contributed by atoms with Gasteiger partial charge in [0.2, 0.25) is 0 Å². The van der Waals surface area contributed by atoms with Gasteiger partial charge in [-0.15, -0.1) is 0 Å². The van der Waals surface area contributed by atoms with Crippen LogP contribution in [0.1, 0.15) is 45.6 Å². The molecule has 0 fully saturated rings. The zero-order valence-corrected chi connectivity index (χ0v) is 14.2. The summed E-state index contributed by atoms with van der Waals surface area (Å²) in [5.41, 5.74) is 5.07. The van der Waals surface area contributed by atoms with Crippen LogP contribution in [0.15, 0.2) is 45.5 Å². The summed E-state index contributed by atoms with van der Waals surface area (Å²) in [6, 6.07) is 4.68. The van der Waals surface area contributed by atoms with Crippen molar-refractivity contribution >= 4 is 23.0 Å². The fraction of sp³-hybridized carbons (Fsp3) is 0.350. The van der Waals surface area contributed by atoms with Gasteiger partial charge in [0.25, 0.3) is 0 Å². The van der Waals surface area contributed by atoms with Crippen molar-refractivity contribution in [2.75, 3.05) is 0 Å². The first-order valence-corrected chi connectivity index (χ1v) is 8.20. The second-order valence-electron chi connectivity index (χ2n) is 6.49. The lowest BCUT2D eigenvalue weighted by atomic mass is 9.84. The number of hydrogen-bond donors (Lipinski definition) is 0. The summed E-state index contributed by atoms with van der Waals surface area (Å²) in [5, 5.41) is 0. The summed E-state index contributed by atoms with van der Waals surface area (Å²) in [5.74, 6) is -0.310. The minimum atomic E-state index is -0.275. The van der Waals surface area contributed by atoms with Crippen LogP contribution in [0.25, 0.3) is 0 Å². The van der Waals surface area contributed by atoms with Crippen molar-refractivity contribution in [3.63, 3.8) is 0 Å². The fourth-order valence-corrected chi connectivity index (χ4v) is 3.29. The van der Waals surface area contributed by atoms with Crippen LogP contribution >= 0.6 is 0 Å². The van der Waals surface area contributed by atoms with Crippen LogP contribution in [0, 0.1) is 5.82 Å². The average Bonchev–Trinajstić information content (AvgIpc) is 2.96. The number of nitrogens with zero attached hydrogens (tertiary/aromatic N) is 1. The predicted octanol–water partition coefficient (Wildman–Crippen LogP) is 4.43. The summed E-state index contributed by atoms with van der Waals surface area (Å²) in [4.78, 5) is 29.0. The molecule has 24 heavy (non-hydrogen) atoms. The zero-order chi connectivity index (χ0) is 17.4. The van der Waals surface area contributed by atoms with Gasteiger partial charge in [-0.25, -0.2) is 4.39 Å². The van der Waals surface area contributed by atoms with Gasteiger partial charge in [0.1, 0.15) is 5.82 Å². The van der Waals surface area contributed by atoms with Gasteiger partial charge in [0, 0.05) is 34.4 Å². The first-order chi connectivity index (χ1) is 11.4. The van der Waals surface area contributed by atoms with E-state index in [0.29, 0.717) is 34.4 Å². The maximum Gasteiger partial charge on any atom is 0.185 e. The smallest absolute Gasteiger partial charge is 0.185 e. The third kappa shape index (κ3) is 2.88. The molecule has 0 aromatic heterocycles. The largest absolute Gasteiger partial charge is 0.289 e. The van der Waals surface area contributed by atoms with Crippen LogP contribution in [0.5, 0.6) is 0 Å². The monoisotopic (exact) mass is 325 g/mol. The van der Waals surface area contributed by atoms with E-state index in [-0.39, 0.29) is 17.4 Å². The summed E-state index contributed by atoms with van der Waals surface area (Å²) < 4.78 is 13.2. The lowest BCUT2D eigenvalue weighted by Gasteiger charge is -2.18. The molecule has 0 unspecified atom stereocenters. The molecule has 0 amide bonds. The SMILES string of the molecule is CC1=C(C)C(=O)C(CCCC2=Nc3cc(F)ccc3C2)=C(C)C1=O. The Balaban J connectivity index is 1.65. The number of allylic oxidation sites excluding steroid dienone is 4. The summed E-state index contributed by atoms with van der Waals surface area (Å²) in [6.07, 6.45) is 2.81. The van der Waals surface area contributed by atoms with Crippen molar-refractivity contribution in [2.45, 2.75) is 46.5 Å². The lowest BCUT2D eigenvalue weighted by Crippen LogP contribution is -2.20. The lowest BCUT2D eigenvalue weighted by molar-refractivity contribution is -0.116. The first kappa shape index (κ1) is 16.5. The molecule has 0 N–H and O–H groups in total. The number of fused-ring (bicyclic) bond motifs is 1. The fourth-order valence-electron chi connectivity index (χ4n) is 3.29. The van der Waals surface area contributed by atoms with Crippen molar-refractivity contribution in [3.8, 4) is 0 Å². The molecule has 124 valence electrons. The molecule has 0 radical (unpaired) electrons. The van der Waals surface area contributed by atoms with E-state index >= 15 is 0 Å². The third-order valence-electron chi connectivity index (χ3n) is 4.92.